The Morgan fingerprint density at radius 1 is 1.18 bits per heavy atom. The second-order valence-electron chi connectivity index (χ2n) is 7.17. The van der Waals surface area contributed by atoms with Crippen LogP contribution in [0.5, 0.6) is 5.75 Å². The summed E-state index contributed by atoms with van der Waals surface area (Å²) in [6.45, 7) is -1.05. The zero-order valence-corrected chi connectivity index (χ0v) is 18.0. The van der Waals surface area contributed by atoms with E-state index >= 15 is 4.39 Å². The van der Waals surface area contributed by atoms with Crippen LogP contribution in [0.25, 0.3) is 0 Å². The van der Waals surface area contributed by atoms with Gasteiger partial charge in [-0.2, -0.15) is 13.2 Å². The van der Waals surface area contributed by atoms with Crippen molar-refractivity contribution in [2.24, 2.45) is 0 Å². The fourth-order valence-electron chi connectivity index (χ4n) is 3.41. The van der Waals surface area contributed by atoms with E-state index in [-0.39, 0.29) is 16.3 Å². The summed E-state index contributed by atoms with van der Waals surface area (Å²) in [7, 11) is 1.19. The van der Waals surface area contributed by atoms with Crippen LogP contribution in [0.2, 0.25) is 5.02 Å². The van der Waals surface area contributed by atoms with E-state index in [1.165, 1.54) is 19.2 Å². The second-order valence-corrected chi connectivity index (χ2v) is 7.61. The second kappa shape index (κ2) is 9.11. The number of anilines is 1. The standard InChI is InChI=1S/C21H16ClF4NO7/c1-33-16-5-3-11(22)7-13(16)20(23)12-4-2-10(21(24,25)26)6-14(12)27(19(20)32)9-34-17(29)8-15(28)18(30)31/h2-7,15,28H,8-9H2,1H3,(H,30,31)/t15-,20-/m0/s1. The molecule has 0 bridgehead atoms. The third-order valence-electron chi connectivity index (χ3n) is 5.06. The molecule has 1 aliphatic rings. The summed E-state index contributed by atoms with van der Waals surface area (Å²) >= 11 is 5.95. The Hall–Kier alpha value is -3.38. The monoisotopic (exact) mass is 505 g/mol. The Bertz CT molecular complexity index is 1160. The average molecular weight is 506 g/mol. The van der Waals surface area contributed by atoms with Crippen molar-refractivity contribution in [2.75, 3.05) is 18.7 Å². The number of aliphatic hydroxyl groups excluding tert-OH is 1. The van der Waals surface area contributed by atoms with Gasteiger partial charge in [0.05, 0.1) is 24.8 Å². The van der Waals surface area contributed by atoms with Crippen LogP contribution in [-0.2, 0) is 31.0 Å². The number of carboxylic acid groups (broad SMARTS) is 1. The third kappa shape index (κ3) is 4.50. The minimum absolute atomic E-state index is 0.0154. The van der Waals surface area contributed by atoms with Gasteiger partial charge in [-0.15, -0.1) is 0 Å². The zero-order valence-electron chi connectivity index (χ0n) is 17.2. The number of rotatable bonds is 7. The highest BCUT2D eigenvalue weighted by Gasteiger charge is 2.55. The van der Waals surface area contributed by atoms with E-state index in [4.69, 9.17) is 26.2 Å². The normalized spacial score (nSPS) is 18.4. The van der Waals surface area contributed by atoms with Gasteiger partial charge in [-0.25, -0.2) is 9.18 Å². The minimum Gasteiger partial charge on any atom is -0.496 e. The van der Waals surface area contributed by atoms with Gasteiger partial charge >= 0.3 is 18.1 Å². The number of halogens is 5. The maximum absolute atomic E-state index is 16.5. The van der Waals surface area contributed by atoms with Gasteiger partial charge < -0.3 is 19.7 Å². The van der Waals surface area contributed by atoms with Crippen molar-refractivity contribution in [3.63, 3.8) is 0 Å². The maximum atomic E-state index is 16.5. The van der Waals surface area contributed by atoms with E-state index in [2.05, 4.69) is 0 Å². The number of alkyl halides is 4. The van der Waals surface area contributed by atoms with E-state index in [0.29, 0.717) is 17.0 Å². The number of hydrogen-bond donors (Lipinski definition) is 2. The Labute approximate surface area is 194 Å². The van der Waals surface area contributed by atoms with Crippen molar-refractivity contribution >= 4 is 35.1 Å². The number of benzene rings is 2. The topological polar surface area (TPSA) is 113 Å². The summed E-state index contributed by atoms with van der Waals surface area (Å²) in [5.41, 5.74) is -5.64. The Kier molecular flexibility index (Phi) is 6.76. The number of ether oxygens (including phenoxy) is 2. The number of amides is 1. The van der Waals surface area contributed by atoms with Crippen LogP contribution in [0, 0.1) is 0 Å². The van der Waals surface area contributed by atoms with Gasteiger partial charge in [-0.3, -0.25) is 14.5 Å². The van der Waals surface area contributed by atoms with Gasteiger partial charge in [0, 0.05) is 16.1 Å². The molecule has 13 heteroatoms. The van der Waals surface area contributed by atoms with Crippen LogP contribution < -0.4 is 9.64 Å². The molecule has 0 radical (unpaired) electrons. The quantitative estimate of drug-likeness (QED) is 0.438. The molecule has 1 amide bonds. The summed E-state index contributed by atoms with van der Waals surface area (Å²) in [5.74, 6) is -4.51. The largest absolute Gasteiger partial charge is 0.496 e. The molecule has 0 aliphatic carbocycles. The van der Waals surface area contributed by atoms with Crippen LogP contribution in [-0.4, -0.2) is 48.0 Å². The van der Waals surface area contributed by atoms with Crippen molar-refractivity contribution in [3.8, 4) is 5.75 Å². The molecule has 34 heavy (non-hydrogen) atoms. The van der Waals surface area contributed by atoms with Crippen LogP contribution >= 0.6 is 11.6 Å². The number of carbonyl (C=O) groups excluding carboxylic acids is 2. The van der Waals surface area contributed by atoms with Gasteiger partial charge in [0.2, 0.25) is 5.67 Å². The fourth-order valence-corrected chi connectivity index (χ4v) is 3.58. The lowest BCUT2D eigenvalue weighted by Gasteiger charge is -2.23. The minimum atomic E-state index is -4.83. The molecule has 182 valence electrons. The first-order valence-electron chi connectivity index (χ1n) is 9.43. The molecule has 8 nitrogen and oxygen atoms in total. The number of esters is 1. The van der Waals surface area contributed by atoms with E-state index in [0.717, 1.165) is 12.1 Å². The van der Waals surface area contributed by atoms with Crippen molar-refractivity contribution in [1.29, 1.82) is 0 Å². The molecule has 1 heterocycles. The Morgan fingerprint density at radius 3 is 2.44 bits per heavy atom. The van der Waals surface area contributed by atoms with E-state index in [9.17, 15) is 32.7 Å². The molecular formula is C21H16ClF4NO7. The third-order valence-corrected chi connectivity index (χ3v) is 5.29. The number of methoxy groups -OCH3 is 1. The molecule has 1 aliphatic heterocycles. The van der Waals surface area contributed by atoms with Crippen molar-refractivity contribution in [2.45, 2.75) is 24.4 Å². The number of carboxylic acids is 1. The van der Waals surface area contributed by atoms with Crippen molar-refractivity contribution in [1.82, 2.24) is 0 Å². The Morgan fingerprint density at radius 2 is 1.85 bits per heavy atom. The zero-order chi connectivity index (χ0) is 25.4. The lowest BCUT2D eigenvalue weighted by Crippen LogP contribution is -2.40. The highest BCUT2D eigenvalue weighted by Crippen LogP contribution is 2.51. The molecular weight excluding hydrogens is 490 g/mol. The lowest BCUT2D eigenvalue weighted by atomic mass is 9.88. The first kappa shape index (κ1) is 25.2. The summed E-state index contributed by atoms with van der Waals surface area (Å²) < 4.78 is 66.2. The van der Waals surface area contributed by atoms with Gasteiger partial charge in [0.15, 0.2) is 12.8 Å². The van der Waals surface area contributed by atoms with Crippen LogP contribution in [0.4, 0.5) is 23.2 Å². The molecule has 2 atom stereocenters. The first-order valence-corrected chi connectivity index (χ1v) is 9.81. The number of fused-ring (bicyclic) bond motifs is 1. The smallest absolute Gasteiger partial charge is 0.416 e. The average Bonchev–Trinajstić information content (AvgIpc) is 2.98. The van der Waals surface area contributed by atoms with Crippen molar-refractivity contribution in [3.05, 3.63) is 58.1 Å². The van der Waals surface area contributed by atoms with Crippen LogP contribution in [0.3, 0.4) is 0 Å². The molecule has 2 aromatic carbocycles. The van der Waals surface area contributed by atoms with Crippen LogP contribution in [0.1, 0.15) is 23.1 Å². The van der Waals surface area contributed by atoms with E-state index in [1.54, 1.807) is 0 Å². The lowest BCUT2D eigenvalue weighted by molar-refractivity contribution is -0.156. The summed E-state index contributed by atoms with van der Waals surface area (Å²) in [6, 6.07) is 5.60. The van der Waals surface area contributed by atoms with Gasteiger partial charge in [0.1, 0.15) is 5.75 Å². The predicted octanol–water partition coefficient (Wildman–Crippen LogP) is 3.26. The number of aliphatic carboxylic acids is 1. The van der Waals surface area contributed by atoms with Crippen molar-refractivity contribution < 1.29 is 51.6 Å². The first-order chi connectivity index (χ1) is 15.8. The Balaban J connectivity index is 2.07. The molecule has 0 fully saturated rings. The maximum Gasteiger partial charge on any atom is 0.416 e. The molecule has 0 saturated carbocycles. The highest BCUT2D eigenvalue weighted by atomic mass is 35.5. The molecule has 3 rings (SSSR count). The molecule has 2 N–H and O–H groups in total. The fraction of sp³-hybridized carbons (Fsp3) is 0.286. The molecule has 0 spiro atoms. The number of nitrogens with zero attached hydrogens (tertiary/aromatic N) is 1. The summed E-state index contributed by atoms with van der Waals surface area (Å²) in [4.78, 5) is 36.2. The number of hydrogen-bond acceptors (Lipinski definition) is 6. The van der Waals surface area contributed by atoms with E-state index in [1.807, 2.05) is 0 Å². The van der Waals surface area contributed by atoms with Gasteiger partial charge in [-0.05, 0) is 30.3 Å². The summed E-state index contributed by atoms with van der Waals surface area (Å²) in [5, 5.41) is 17.9. The molecule has 0 aromatic heterocycles. The number of carbonyl (C=O) groups is 3. The molecule has 0 unspecified atom stereocenters. The van der Waals surface area contributed by atoms with Gasteiger partial charge in [-0.1, -0.05) is 17.7 Å². The highest BCUT2D eigenvalue weighted by molar-refractivity contribution is 6.30. The molecule has 0 saturated heterocycles. The predicted molar refractivity (Wildman–Crippen MR) is 108 cm³/mol. The SMILES string of the molecule is COc1ccc(Cl)cc1[C@]1(F)C(=O)N(COC(=O)C[C@H](O)C(=O)O)c2cc(C(F)(F)F)ccc21. The number of aliphatic hydroxyl groups is 1. The molecule has 2 aromatic rings. The van der Waals surface area contributed by atoms with Gasteiger partial charge in [0.25, 0.3) is 5.91 Å². The summed E-state index contributed by atoms with van der Waals surface area (Å²) in [6.07, 6.45) is -7.95. The van der Waals surface area contributed by atoms with Crippen LogP contribution in [0.15, 0.2) is 36.4 Å². The van der Waals surface area contributed by atoms with E-state index < -0.39 is 65.8 Å².